The van der Waals surface area contributed by atoms with E-state index in [1.807, 2.05) is 0 Å². The van der Waals surface area contributed by atoms with Gasteiger partial charge in [0.1, 0.15) is 10.8 Å². The molecule has 1 atom stereocenters. The van der Waals surface area contributed by atoms with E-state index in [0.717, 1.165) is 12.5 Å². The molecule has 0 bridgehead atoms. The molecule has 0 radical (unpaired) electrons. The Hall–Kier alpha value is -1.09. The zero-order valence-corrected chi connectivity index (χ0v) is 12.3. The molecule has 20 heavy (non-hydrogen) atoms. The minimum Gasteiger partial charge on any atom is -0.389 e. The summed E-state index contributed by atoms with van der Waals surface area (Å²) in [5.74, 6) is -0.615. The molecule has 0 spiro atoms. The number of nitrogens with one attached hydrogen (secondary N) is 1. The van der Waals surface area contributed by atoms with Crippen LogP contribution < -0.4 is 10.5 Å². The van der Waals surface area contributed by atoms with Gasteiger partial charge in [-0.2, -0.15) is 0 Å². The normalized spacial score (nSPS) is 19.1. The molecular weight excluding hydrogens is 303 g/mol. The summed E-state index contributed by atoms with van der Waals surface area (Å²) in [4.78, 5) is -0.517. The van der Waals surface area contributed by atoms with Crippen molar-refractivity contribution in [2.24, 2.45) is 11.7 Å². The molecule has 5 nitrogen and oxygen atoms in total. The van der Waals surface area contributed by atoms with Crippen LogP contribution in [-0.4, -0.2) is 33.2 Å². The number of hydrogen-bond donors (Lipinski definition) is 2. The van der Waals surface area contributed by atoms with E-state index < -0.39 is 15.8 Å². The Balaban J connectivity index is 2.24. The van der Waals surface area contributed by atoms with Gasteiger partial charge in [-0.05, 0) is 24.5 Å². The van der Waals surface area contributed by atoms with Crippen LogP contribution in [0.2, 0.25) is 0 Å². The molecule has 110 valence electrons. The number of halogens is 1. The predicted molar refractivity (Wildman–Crippen MR) is 76.4 cm³/mol. The molecule has 0 saturated carbocycles. The molecule has 2 rings (SSSR count). The van der Waals surface area contributed by atoms with Crippen molar-refractivity contribution >= 4 is 27.2 Å². The van der Waals surface area contributed by atoms with Gasteiger partial charge in [-0.25, -0.2) is 17.5 Å². The van der Waals surface area contributed by atoms with Crippen molar-refractivity contribution in [3.8, 4) is 0 Å². The predicted octanol–water partition coefficient (Wildman–Crippen LogP) is 0.775. The third kappa shape index (κ3) is 3.32. The van der Waals surface area contributed by atoms with E-state index >= 15 is 0 Å². The Labute approximate surface area is 122 Å². The molecule has 1 fully saturated rings. The monoisotopic (exact) mass is 318 g/mol. The van der Waals surface area contributed by atoms with Gasteiger partial charge in [-0.1, -0.05) is 18.3 Å². The number of thiocarbonyl (C=S) groups is 1. The third-order valence-electron chi connectivity index (χ3n) is 3.10. The van der Waals surface area contributed by atoms with Crippen LogP contribution in [0.3, 0.4) is 0 Å². The van der Waals surface area contributed by atoms with Crippen LogP contribution in [0.25, 0.3) is 0 Å². The zero-order chi connectivity index (χ0) is 14.8. The van der Waals surface area contributed by atoms with Crippen molar-refractivity contribution in [2.75, 3.05) is 19.8 Å². The summed E-state index contributed by atoms with van der Waals surface area (Å²) in [5, 5.41) is 0. The first-order valence-electron chi connectivity index (χ1n) is 6.07. The highest BCUT2D eigenvalue weighted by Gasteiger charge is 2.24. The number of hydrogen-bond acceptors (Lipinski definition) is 4. The van der Waals surface area contributed by atoms with Crippen molar-refractivity contribution in [2.45, 2.75) is 11.3 Å². The van der Waals surface area contributed by atoms with Gasteiger partial charge in [0, 0.05) is 13.2 Å². The first-order valence-corrected chi connectivity index (χ1v) is 7.96. The van der Waals surface area contributed by atoms with Gasteiger partial charge in [-0.3, -0.25) is 0 Å². The zero-order valence-electron chi connectivity index (χ0n) is 10.6. The summed E-state index contributed by atoms with van der Waals surface area (Å²) in [5.41, 5.74) is 5.16. The molecule has 1 unspecified atom stereocenters. The fourth-order valence-corrected chi connectivity index (χ4v) is 3.63. The average Bonchev–Trinajstić information content (AvgIpc) is 2.89. The molecule has 0 aliphatic carbocycles. The van der Waals surface area contributed by atoms with E-state index in [9.17, 15) is 12.8 Å². The number of benzene rings is 1. The molecule has 0 aromatic heterocycles. The van der Waals surface area contributed by atoms with Crippen LogP contribution >= 0.6 is 12.2 Å². The lowest BCUT2D eigenvalue weighted by atomic mass is 10.1. The number of nitrogens with two attached hydrogens (primary N) is 1. The minimum absolute atomic E-state index is 0.131. The number of rotatable bonds is 5. The van der Waals surface area contributed by atoms with Gasteiger partial charge in [-0.15, -0.1) is 0 Å². The number of ether oxygens (including phenoxy) is 1. The highest BCUT2D eigenvalue weighted by atomic mass is 32.2. The van der Waals surface area contributed by atoms with Crippen LogP contribution in [0.15, 0.2) is 23.1 Å². The maximum atomic E-state index is 13.7. The maximum Gasteiger partial charge on any atom is 0.241 e. The van der Waals surface area contributed by atoms with Gasteiger partial charge in [0.05, 0.1) is 17.1 Å². The van der Waals surface area contributed by atoms with Crippen LogP contribution in [0.5, 0.6) is 0 Å². The maximum absolute atomic E-state index is 13.7. The van der Waals surface area contributed by atoms with Crippen molar-refractivity contribution in [3.63, 3.8) is 0 Å². The summed E-state index contributed by atoms with van der Waals surface area (Å²) in [6.07, 6.45) is 0.799. The second-order valence-corrected chi connectivity index (χ2v) is 6.73. The van der Waals surface area contributed by atoms with Crippen molar-refractivity contribution in [3.05, 3.63) is 29.6 Å². The van der Waals surface area contributed by atoms with E-state index in [0.29, 0.717) is 13.2 Å². The Morgan fingerprint density at radius 3 is 2.90 bits per heavy atom. The summed E-state index contributed by atoms with van der Waals surface area (Å²) in [7, 11) is -3.86. The summed E-state index contributed by atoms with van der Waals surface area (Å²) in [6, 6.07) is 3.72. The lowest BCUT2D eigenvalue weighted by molar-refractivity contribution is 0.186. The Bertz CT molecular complexity index is 613. The first-order chi connectivity index (χ1) is 9.42. The smallest absolute Gasteiger partial charge is 0.241 e. The molecule has 0 amide bonds. The molecule has 1 aromatic rings. The molecule has 1 aromatic carbocycles. The quantitative estimate of drug-likeness (QED) is 0.784. The van der Waals surface area contributed by atoms with Crippen LogP contribution in [0, 0.1) is 11.7 Å². The molecule has 1 saturated heterocycles. The van der Waals surface area contributed by atoms with E-state index in [1.165, 1.54) is 12.1 Å². The van der Waals surface area contributed by atoms with Crippen molar-refractivity contribution < 1.29 is 17.5 Å². The molecule has 1 aliphatic rings. The first kappa shape index (κ1) is 15.3. The molecular formula is C12H15FN2O3S2. The minimum atomic E-state index is -3.86. The van der Waals surface area contributed by atoms with Crippen molar-refractivity contribution in [1.82, 2.24) is 4.72 Å². The van der Waals surface area contributed by atoms with Crippen LogP contribution in [-0.2, 0) is 14.8 Å². The lowest BCUT2D eigenvalue weighted by Crippen LogP contribution is -2.31. The Kier molecular flexibility index (Phi) is 4.69. The van der Waals surface area contributed by atoms with E-state index in [4.69, 9.17) is 22.7 Å². The second-order valence-electron chi connectivity index (χ2n) is 4.56. The second kappa shape index (κ2) is 6.13. The molecule has 1 aliphatic heterocycles. The molecule has 1 heterocycles. The third-order valence-corrected chi connectivity index (χ3v) is 4.77. The van der Waals surface area contributed by atoms with Gasteiger partial charge in [0.25, 0.3) is 0 Å². The lowest BCUT2D eigenvalue weighted by Gasteiger charge is -2.13. The Morgan fingerprint density at radius 2 is 2.30 bits per heavy atom. The summed E-state index contributed by atoms with van der Waals surface area (Å²) in [6.45, 7) is 1.40. The van der Waals surface area contributed by atoms with Gasteiger partial charge in [0.2, 0.25) is 10.0 Å². The highest BCUT2D eigenvalue weighted by Crippen LogP contribution is 2.19. The van der Waals surface area contributed by atoms with Crippen LogP contribution in [0.4, 0.5) is 4.39 Å². The van der Waals surface area contributed by atoms with Gasteiger partial charge in [0.15, 0.2) is 0 Å². The summed E-state index contributed by atoms with van der Waals surface area (Å²) < 4.78 is 45.8. The Morgan fingerprint density at radius 1 is 1.55 bits per heavy atom. The van der Waals surface area contributed by atoms with E-state index in [1.54, 1.807) is 0 Å². The SMILES string of the molecule is NC(=S)c1c(F)cccc1S(=O)(=O)NCC1CCOC1. The standard InChI is InChI=1S/C12H15FN2O3S2/c13-9-2-1-3-10(11(9)12(14)19)20(16,17)15-6-8-4-5-18-7-8/h1-3,8,15H,4-7H2,(H2,14,19). The van der Waals surface area contributed by atoms with E-state index in [2.05, 4.69) is 4.72 Å². The van der Waals surface area contributed by atoms with Gasteiger partial charge >= 0.3 is 0 Å². The van der Waals surface area contributed by atoms with Crippen LogP contribution in [0.1, 0.15) is 12.0 Å². The fraction of sp³-hybridized carbons (Fsp3) is 0.417. The van der Waals surface area contributed by atoms with Gasteiger partial charge < -0.3 is 10.5 Å². The average molecular weight is 318 g/mol. The molecule has 3 N–H and O–H groups in total. The van der Waals surface area contributed by atoms with Crippen molar-refractivity contribution in [1.29, 1.82) is 0 Å². The largest absolute Gasteiger partial charge is 0.389 e. The highest BCUT2D eigenvalue weighted by molar-refractivity contribution is 7.89. The molecule has 8 heteroatoms. The fourth-order valence-electron chi connectivity index (χ4n) is 2.02. The number of sulfonamides is 1. The summed E-state index contributed by atoms with van der Waals surface area (Å²) >= 11 is 4.72. The van der Waals surface area contributed by atoms with E-state index in [-0.39, 0.29) is 27.9 Å². The topological polar surface area (TPSA) is 81.4 Å².